The van der Waals surface area contributed by atoms with Crippen LogP contribution in [0.2, 0.25) is 0 Å². The van der Waals surface area contributed by atoms with Crippen LogP contribution in [-0.4, -0.2) is 24.4 Å². The molecule has 0 saturated carbocycles. The van der Waals surface area contributed by atoms with Crippen LogP contribution < -0.4 is 4.74 Å². The number of halogens is 1. The average Bonchev–Trinajstić information content (AvgIpc) is 2.66. The zero-order valence-electron chi connectivity index (χ0n) is 9.60. The molecule has 0 unspecified atom stereocenters. The van der Waals surface area contributed by atoms with Crippen LogP contribution in [0.5, 0.6) is 5.75 Å². The minimum atomic E-state index is -0.398. The Kier molecular flexibility index (Phi) is 4.20. The van der Waals surface area contributed by atoms with Gasteiger partial charge in [-0.25, -0.2) is 0 Å². The highest BCUT2D eigenvalue weighted by molar-refractivity contribution is 9.11. The molecule has 4 heteroatoms. The van der Waals surface area contributed by atoms with Crippen molar-refractivity contribution in [3.05, 3.63) is 40.4 Å². The molecule has 0 saturated heterocycles. The molecule has 92 valence electrons. The lowest BCUT2D eigenvalue weighted by Gasteiger charge is -2.13. The Balaban J connectivity index is 1.87. The van der Waals surface area contributed by atoms with Crippen molar-refractivity contribution in [2.75, 3.05) is 7.11 Å². The lowest BCUT2D eigenvalue weighted by molar-refractivity contribution is 0.0514. The Bertz CT molecular complexity index is 400. The predicted octanol–water partition coefficient (Wildman–Crippen LogP) is 2.62. The molecule has 2 rings (SSSR count). The molecule has 0 amide bonds. The van der Waals surface area contributed by atoms with Crippen LogP contribution in [0.15, 0.2) is 34.8 Å². The number of aliphatic hydroxyl groups excluding tert-OH is 1. The van der Waals surface area contributed by atoms with Crippen LogP contribution in [-0.2, 0) is 11.3 Å². The molecule has 3 nitrogen and oxygen atoms in total. The molecule has 1 aliphatic carbocycles. The third-order valence-electron chi connectivity index (χ3n) is 2.73. The molecule has 0 radical (unpaired) electrons. The van der Waals surface area contributed by atoms with Gasteiger partial charge in [-0.1, -0.05) is 28.1 Å². The molecular formula is C13H15BrO3. The van der Waals surface area contributed by atoms with Crippen molar-refractivity contribution in [1.82, 2.24) is 0 Å². The van der Waals surface area contributed by atoms with E-state index in [1.807, 2.05) is 24.3 Å². The summed E-state index contributed by atoms with van der Waals surface area (Å²) in [6.07, 6.45) is 1.97. The van der Waals surface area contributed by atoms with E-state index in [0.29, 0.717) is 13.0 Å². The summed E-state index contributed by atoms with van der Waals surface area (Å²) in [6.45, 7) is 0.532. The monoisotopic (exact) mass is 298 g/mol. The first-order chi connectivity index (χ1) is 8.19. The Hall–Kier alpha value is -0.840. The third-order valence-corrected chi connectivity index (χ3v) is 3.50. The highest BCUT2D eigenvalue weighted by Gasteiger charge is 2.23. The lowest BCUT2D eigenvalue weighted by atomic mass is 10.2. The number of ether oxygens (including phenoxy) is 2. The van der Waals surface area contributed by atoms with Crippen molar-refractivity contribution in [2.45, 2.75) is 25.2 Å². The normalized spacial score (nSPS) is 23.6. The number of rotatable bonds is 4. The van der Waals surface area contributed by atoms with Gasteiger partial charge in [-0.2, -0.15) is 0 Å². The zero-order chi connectivity index (χ0) is 12.3. The first kappa shape index (κ1) is 12.6. The van der Waals surface area contributed by atoms with Crippen molar-refractivity contribution >= 4 is 15.9 Å². The molecule has 2 atom stereocenters. The fourth-order valence-corrected chi connectivity index (χ4v) is 2.38. The smallest absolute Gasteiger partial charge is 0.118 e. The Morgan fingerprint density at radius 1 is 1.35 bits per heavy atom. The summed E-state index contributed by atoms with van der Waals surface area (Å²) in [5.41, 5.74) is 1.09. The topological polar surface area (TPSA) is 38.7 Å². The molecule has 1 aromatic carbocycles. The number of benzene rings is 1. The van der Waals surface area contributed by atoms with Gasteiger partial charge in [0.2, 0.25) is 0 Å². The summed E-state index contributed by atoms with van der Waals surface area (Å²) in [6, 6.07) is 7.77. The van der Waals surface area contributed by atoms with Crippen molar-refractivity contribution in [3.63, 3.8) is 0 Å². The minimum Gasteiger partial charge on any atom is -0.497 e. The van der Waals surface area contributed by atoms with E-state index in [1.165, 1.54) is 0 Å². The van der Waals surface area contributed by atoms with Gasteiger partial charge in [0.25, 0.3) is 0 Å². The average molecular weight is 299 g/mol. The van der Waals surface area contributed by atoms with Crippen LogP contribution in [0.25, 0.3) is 0 Å². The largest absolute Gasteiger partial charge is 0.497 e. The molecular weight excluding hydrogens is 284 g/mol. The van der Waals surface area contributed by atoms with Crippen molar-refractivity contribution in [3.8, 4) is 5.75 Å². The van der Waals surface area contributed by atoms with E-state index in [0.717, 1.165) is 15.8 Å². The molecule has 0 fully saturated rings. The van der Waals surface area contributed by atoms with Crippen LogP contribution >= 0.6 is 15.9 Å². The van der Waals surface area contributed by atoms with Gasteiger partial charge in [0.1, 0.15) is 5.75 Å². The first-order valence-electron chi connectivity index (χ1n) is 5.49. The molecule has 0 spiro atoms. The highest BCUT2D eigenvalue weighted by Crippen LogP contribution is 2.28. The van der Waals surface area contributed by atoms with Gasteiger partial charge >= 0.3 is 0 Å². The fourth-order valence-electron chi connectivity index (χ4n) is 1.76. The summed E-state index contributed by atoms with van der Waals surface area (Å²) in [5, 5.41) is 9.43. The second-order valence-electron chi connectivity index (χ2n) is 4.00. The van der Waals surface area contributed by atoms with Crippen LogP contribution in [0.3, 0.4) is 0 Å². The van der Waals surface area contributed by atoms with Crippen LogP contribution in [0.4, 0.5) is 0 Å². The quantitative estimate of drug-likeness (QED) is 0.929. The van der Waals surface area contributed by atoms with Crippen molar-refractivity contribution < 1.29 is 14.6 Å². The molecule has 17 heavy (non-hydrogen) atoms. The van der Waals surface area contributed by atoms with E-state index in [-0.39, 0.29) is 6.10 Å². The molecule has 0 heterocycles. The van der Waals surface area contributed by atoms with E-state index in [2.05, 4.69) is 15.9 Å². The second kappa shape index (κ2) is 5.67. The van der Waals surface area contributed by atoms with Crippen molar-refractivity contribution in [1.29, 1.82) is 0 Å². The Morgan fingerprint density at radius 3 is 2.59 bits per heavy atom. The second-order valence-corrected chi connectivity index (χ2v) is 4.92. The Morgan fingerprint density at radius 2 is 2.06 bits per heavy atom. The number of hydrogen-bond donors (Lipinski definition) is 1. The maximum Gasteiger partial charge on any atom is 0.118 e. The molecule has 1 aromatic rings. The van der Waals surface area contributed by atoms with E-state index < -0.39 is 6.10 Å². The van der Waals surface area contributed by atoms with Gasteiger partial charge in [-0.05, 0) is 23.8 Å². The minimum absolute atomic E-state index is 0.0351. The first-order valence-corrected chi connectivity index (χ1v) is 6.28. The summed E-state index contributed by atoms with van der Waals surface area (Å²) in [4.78, 5) is 0. The van der Waals surface area contributed by atoms with E-state index in [4.69, 9.17) is 9.47 Å². The predicted molar refractivity (Wildman–Crippen MR) is 69.2 cm³/mol. The summed E-state index contributed by atoms with van der Waals surface area (Å²) < 4.78 is 11.7. The highest BCUT2D eigenvalue weighted by atomic mass is 79.9. The molecule has 1 N–H and O–H groups in total. The lowest BCUT2D eigenvalue weighted by Crippen LogP contribution is -2.12. The van der Waals surface area contributed by atoms with E-state index in [9.17, 15) is 5.11 Å². The summed E-state index contributed by atoms with van der Waals surface area (Å²) >= 11 is 3.40. The van der Waals surface area contributed by atoms with Gasteiger partial charge in [-0.15, -0.1) is 0 Å². The standard InChI is InChI=1S/C13H15BrO3/c1-16-11-4-2-9(3-5-11)8-17-13-7-10(15)6-12(13)14/h2-6,10,13,15H,7-8H2,1H3/t10-,13+/m1/s1. The summed E-state index contributed by atoms with van der Waals surface area (Å²) in [5.74, 6) is 0.839. The van der Waals surface area contributed by atoms with E-state index in [1.54, 1.807) is 13.2 Å². The molecule has 1 aliphatic rings. The number of aliphatic hydroxyl groups is 1. The van der Waals surface area contributed by atoms with Gasteiger partial charge < -0.3 is 14.6 Å². The van der Waals surface area contributed by atoms with Gasteiger partial charge in [-0.3, -0.25) is 0 Å². The maximum atomic E-state index is 9.43. The maximum absolute atomic E-state index is 9.43. The Labute approximate surface area is 109 Å². The molecule has 0 aliphatic heterocycles. The number of hydrogen-bond acceptors (Lipinski definition) is 3. The van der Waals surface area contributed by atoms with Gasteiger partial charge in [0.15, 0.2) is 0 Å². The molecule has 0 aromatic heterocycles. The number of methoxy groups -OCH3 is 1. The van der Waals surface area contributed by atoms with Crippen molar-refractivity contribution in [2.24, 2.45) is 0 Å². The van der Waals surface area contributed by atoms with Crippen LogP contribution in [0, 0.1) is 0 Å². The molecule has 0 bridgehead atoms. The zero-order valence-corrected chi connectivity index (χ0v) is 11.2. The SMILES string of the molecule is COc1ccc(CO[C@H]2C[C@H](O)C=C2Br)cc1. The third kappa shape index (κ3) is 3.31. The fraction of sp³-hybridized carbons (Fsp3) is 0.385. The summed E-state index contributed by atoms with van der Waals surface area (Å²) in [7, 11) is 1.65. The van der Waals surface area contributed by atoms with Gasteiger partial charge in [0, 0.05) is 10.9 Å². The van der Waals surface area contributed by atoms with Gasteiger partial charge in [0.05, 0.1) is 25.9 Å². The van der Waals surface area contributed by atoms with E-state index >= 15 is 0 Å². The van der Waals surface area contributed by atoms with Crippen LogP contribution in [0.1, 0.15) is 12.0 Å².